The smallest absolute Gasteiger partial charge is 0.340 e. The van der Waals surface area contributed by atoms with E-state index in [4.69, 9.17) is 16.3 Å². The normalized spacial score (nSPS) is 16.3. The van der Waals surface area contributed by atoms with Gasteiger partial charge < -0.3 is 10.1 Å². The first-order valence-electron chi connectivity index (χ1n) is 6.70. The third-order valence-electron chi connectivity index (χ3n) is 3.51. The third-order valence-corrected chi connectivity index (χ3v) is 4.33. The van der Waals surface area contributed by atoms with Gasteiger partial charge in [-0.1, -0.05) is 27.5 Å². The second-order valence-corrected chi connectivity index (χ2v) is 6.66. The van der Waals surface area contributed by atoms with Crippen molar-refractivity contribution in [1.82, 2.24) is 5.32 Å². The summed E-state index contributed by atoms with van der Waals surface area (Å²) >= 11 is 9.15. The molecule has 5 nitrogen and oxygen atoms in total. The predicted octanol–water partition coefficient (Wildman–Crippen LogP) is 3.07. The Kier molecular flexibility index (Phi) is 5.09. The van der Waals surface area contributed by atoms with E-state index in [9.17, 15) is 14.9 Å². The summed E-state index contributed by atoms with van der Waals surface area (Å²) < 4.78 is 5.63. The average Bonchev–Trinajstić information content (AvgIpc) is 3.32. The number of benzene rings is 1. The van der Waals surface area contributed by atoms with Crippen LogP contribution in [0.1, 0.15) is 30.1 Å². The van der Waals surface area contributed by atoms with Crippen LogP contribution in [0.25, 0.3) is 0 Å². The highest BCUT2D eigenvalue weighted by Crippen LogP contribution is 2.39. The number of hydrogen-bond donors (Lipinski definition) is 1. The highest BCUT2D eigenvalue weighted by Gasteiger charge is 2.43. The SMILES string of the molecule is C[C@](C#N)(NC(=O)COC(=O)c1cc(Br)ccc1Cl)C1CC1. The van der Waals surface area contributed by atoms with Gasteiger partial charge >= 0.3 is 5.97 Å². The van der Waals surface area contributed by atoms with Crippen molar-refractivity contribution in [1.29, 1.82) is 5.26 Å². The van der Waals surface area contributed by atoms with Gasteiger partial charge in [0, 0.05) is 4.47 Å². The standard InChI is InChI=1S/C15H14BrClN2O3/c1-15(8-18,9-2-3-9)19-13(20)7-22-14(21)11-6-10(16)4-5-12(11)17/h4-6,9H,2-3,7H2,1H3,(H,19,20)/t15-/m1/s1. The van der Waals surface area contributed by atoms with E-state index in [1.54, 1.807) is 19.1 Å². The summed E-state index contributed by atoms with van der Waals surface area (Å²) in [5.41, 5.74) is -0.731. The Balaban J connectivity index is 1.92. The van der Waals surface area contributed by atoms with Crippen LogP contribution in [0.5, 0.6) is 0 Å². The third kappa shape index (κ3) is 3.99. The summed E-state index contributed by atoms with van der Waals surface area (Å²) in [6.07, 6.45) is 1.83. The van der Waals surface area contributed by atoms with Crippen molar-refractivity contribution < 1.29 is 14.3 Å². The Morgan fingerprint density at radius 1 is 1.55 bits per heavy atom. The zero-order chi connectivity index (χ0) is 16.3. The first-order valence-corrected chi connectivity index (χ1v) is 7.87. The molecule has 1 N–H and O–H groups in total. The molecule has 7 heteroatoms. The number of nitrogens with zero attached hydrogens (tertiary/aromatic N) is 1. The van der Waals surface area contributed by atoms with Gasteiger partial charge in [-0.05, 0) is 43.9 Å². The Morgan fingerprint density at radius 2 is 2.23 bits per heavy atom. The van der Waals surface area contributed by atoms with Gasteiger partial charge in [0.2, 0.25) is 0 Å². The summed E-state index contributed by atoms with van der Waals surface area (Å²) in [6.45, 7) is 1.22. The molecule has 1 fully saturated rings. The first kappa shape index (κ1) is 16.8. The van der Waals surface area contributed by atoms with Crippen LogP contribution in [0.3, 0.4) is 0 Å². The highest BCUT2D eigenvalue weighted by molar-refractivity contribution is 9.10. The van der Waals surface area contributed by atoms with Gasteiger partial charge in [0.15, 0.2) is 6.61 Å². The summed E-state index contributed by atoms with van der Waals surface area (Å²) in [5, 5.41) is 12.0. The summed E-state index contributed by atoms with van der Waals surface area (Å²) in [6, 6.07) is 6.88. The Hall–Kier alpha value is -1.58. The lowest BCUT2D eigenvalue weighted by Crippen LogP contribution is -2.48. The minimum atomic E-state index is -0.906. The fourth-order valence-electron chi connectivity index (χ4n) is 2.07. The number of rotatable bonds is 5. The molecular formula is C15H14BrClN2O3. The second kappa shape index (κ2) is 6.67. The number of ether oxygens (including phenoxy) is 1. The zero-order valence-electron chi connectivity index (χ0n) is 11.9. The van der Waals surface area contributed by atoms with E-state index < -0.39 is 24.0 Å². The molecule has 0 saturated heterocycles. The van der Waals surface area contributed by atoms with Gasteiger partial charge in [0.05, 0.1) is 16.7 Å². The molecular weight excluding hydrogens is 372 g/mol. The fraction of sp³-hybridized carbons (Fsp3) is 0.400. The van der Waals surface area contributed by atoms with Crippen LogP contribution in [-0.4, -0.2) is 24.0 Å². The number of carbonyl (C=O) groups is 2. The van der Waals surface area contributed by atoms with E-state index in [0.29, 0.717) is 4.47 Å². The Morgan fingerprint density at radius 3 is 2.82 bits per heavy atom. The average molecular weight is 386 g/mol. The number of nitriles is 1. The lowest BCUT2D eigenvalue weighted by molar-refractivity contribution is -0.125. The van der Waals surface area contributed by atoms with Gasteiger partial charge in [-0.2, -0.15) is 5.26 Å². The van der Waals surface area contributed by atoms with Crippen molar-refractivity contribution in [2.75, 3.05) is 6.61 Å². The summed E-state index contributed by atoms with van der Waals surface area (Å²) in [7, 11) is 0. The van der Waals surface area contributed by atoms with Crippen molar-refractivity contribution in [3.63, 3.8) is 0 Å². The molecule has 1 atom stereocenters. The van der Waals surface area contributed by atoms with E-state index in [0.717, 1.165) is 12.8 Å². The molecule has 1 aromatic carbocycles. The molecule has 116 valence electrons. The van der Waals surface area contributed by atoms with E-state index in [2.05, 4.69) is 27.3 Å². The number of nitrogens with one attached hydrogen (secondary N) is 1. The topological polar surface area (TPSA) is 79.2 Å². The highest BCUT2D eigenvalue weighted by atomic mass is 79.9. The molecule has 2 rings (SSSR count). The van der Waals surface area contributed by atoms with Crippen LogP contribution in [0.4, 0.5) is 0 Å². The van der Waals surface area contributed by atoms with E-state index >= 15 is 0 Å². The van der Waals surface area contributed by atoms with Gasteiger partial charge in [0.1, 0.15) is 5.54 Å². The number of amides is 1. The quantitative estimate of drug-likeness (QED) is 0.790. The molecule has 0 aliphatic heterocycles. The van der Waals surface area contributed by atoms with Crippen molar-refractivity contribution in [3.8, 4) is 6.07 Å². The van der Waals surface area contributed by atoms with Crippen molar-refractivity contribution in [2.24, 2.45) is 5.92 Å². The maximum absolute atomic E-state index is 11.9. The fourth-order valence-corrected chi connectivity index (χ4v) is 2.63. The van der Waals surface area contributed by atoms with Crippen LogP contribution in [0, 0.1) is 17.2 Å². The molecule has 22 heavy (non-hydrogen) atoms. The summed E-state index contributed by atoms with van der Waals surface area (Å²) in [4.78, 5) is 23.8. The van der Waals surface area contributed by atoms with Crippen molar-refractivity contribution >= 4 is 39.4 Å². The van der Waals surface area contributed by atoms with Gasteiger partial charge in [-0.15, -0.1) is 0 Å². The molecule has 1 aliphatic carbocycles. The number of carbonyl (C=O) groups excluding carboxylic acids is 2. The minimum Gasteiger partial charge on any atom is -0.452 e. The van der Waals surface area contributed by atoms with Crippen LogP contribution in [0.2, 0.25) is 5.02 Å². The molecule has 1 saturated carbocycles. The van der Waals surface area contributed by atoms with E-state index in [1.165, 1.54) is 6.07 Å². The van der Waals surface area contributed by atoms with Crippen molar-refractivity contribution in [2.45, 2.75) is 25.3 Å². The predicted molar refractivity (Wildman–Crippen MR) is 84.3 cm³/mol. The van der Waals surface area contributed by atoms with Gasteiger partial charge in [-0.25, -0.2) is 4.79 Å². The lowest BCUT2D eigenvalue weighted by atomic mass is 9.98. The van der Waals surface area contributed by atoms with E-state index in [-0.39, 0.29) is 16.5 Å². The van der Waals surface area contributed by atoms with Crippen LogP contribution >= 0.6 is 27.5 Å². The molecule has 0 aromatic heterocycles. The number of halogens is 2. The molecule has 0 spiro atoms. The molecule has 0 unspecified atom stereocenters. The van der Waals surface area contributed by atoms with Gasteiger partial charge in [0.25, 0.3) is 5.91 Å². The molecule has 1 aliphatic rings. The molecule has 1 amide bonds. The monoisotopic (exact) mass is 384 g/mol. The Labute approximate surface area is 141 Å². The maximum Gasteiger partial charge on any atom is 0.340 e. The molecule has 1 aromatic rings. The summed E-state index contributed by atoms with van der Waals surface area (Å²) in [5.74, 6) is -1.03. The van der Waals surface area contributed by atoms with Crippen LogP contribution in [0.15, 0.2) is 22.7 Å². The van der Waals surface area contributed by atoms with Gasteiger partial charge in [-0.3, -0.25) is 4.79 Å². The van der Waals surface area contributed by atoms with Crippen molar-refractivity contribution in [3.05, 3.63) is 33.3 Å². The number of esters is 1. The largest absolute Gasteiger partial charge is 0.452 e. The van der Waals surface area contributed by atoms with Crippen LogP contribution in [-0.2, 0) is 9.53 Å². The number of hydrogen-bond acceptors (Lipinski definition) is 4. The minimum absolute atomic E-state index is 0.164. The zero-order valence-corrected chi connectivity index (χ0v) is 14.2. The maximum atomic E-state index is 11.9. The molecule has 0 bridgehead atoms. The first-order chi connectivity index (χ1) is 10.4. The Bertz CT molecular complexity index is 655. The second-order valence-electron chi connectivity index (χ2n) is 5.34. The lowest BCUT2D eigenvalue weighted by Gasteiger charge is -2.22. The van der Waals surface area contributed by atoms with Crippen LogP contribution < -0.4 is 5.32 Å². The van der Waals surface area contributed by atoms with E-state index in [1.807, 2.05) is 0 Å². The molecule has 0 radical (unpaired) electrons. The molecule has 0 heterocycles.